The van der Waals surface area contributed by atoms with E-state index in [9.17, 15) is 18.4 Å². The summed E-state index contributed by atoms with van der Waals surface area (Å²) >= 11 is 5.40. The van der Waals surface area contributed by atoms with Crippen molar-refractivity contribution in [2.75, 3.05) is 13.6 Å². The average molecular weight is 307 g/mol. The molecule has 0 bridgehead atoms. The van der Waals surface area contributed by atoms with Crippen LogP contribution in [0.15, 0.2) is 12.1 Å². The lowest BCUT2D eigenvalue weighted by Gasteiger charge is -2.17. The highest BCUT2D eigenvalue weighted by Gasteiger charge is 2.12. The van der Waals surface area contributed by atoms with Gasteiger partial charge in [0, 0.05) is 25.7 Å². The fraction of sp³-hybridized carbons (Fsp3) is 0.333. The third kappa shape index (κ3) is 4.65. The summed E-state index contributed by atoms with van der Waals surface area (Å²) in [6.45, 7) is -0.213. The highest BCUT2D eigenvalue weighted by Crippen LogP contribution is 2.19. The number of amides is 2. The number of hydrogen-bond acceptors (Lipinski definition) is 2. The van der Waals surface area contributed by atoms with Crippen LogP contribution in [-0.2, 0) is 11.3 Å². The Morgan fingerprint density at radius 2 is 2.00 bits per heavy atom. The van der Waals surface area contributed by atoms with Gasteiger partial charge in [-0.3, -0.25) is 4.79 Å². The molecule has 0 saturated carbocycles. The van der Waals surface area contributed by atoms with Crippen LogP contribution in [0.2, 0.25) is 5.02 Å². The van der Waals surface area contributed by atoms with Crippen LogP contribution in [-0.4, -0.2) is 35.6 Å². The van der Waals surface area contributed by atoms with E-state index in [-0.39, 0.29) is 30.1 Å². The summed E-state index contributed by atoms with van der Waals surface area (Å²) in [6, 6.07) is 1.14. The van der Waals surface area contributed by atoms with Gasteiger partial charge in [-0.1, -0.05) is 11.6 Å². The molecule has 0 fully saturated rings. The molecule has 20 heavy (non-hydrogen) atoms. The standard InChI is InChI=1S/C12H13ClF2N2O3/c1-17(3-2-11(18)19)12(20)16-6-7-4-10(15)8(13)5-9(7)14/h4-5H,2-3,6H2,1H3,(H,16,20)(H,18,19). The number of aliphatic carboxylic acids is 1. The Bertz CT molecular complexity index is 526. The van der Waals surface area contributed by atoms with E-state index in [1.54, 1.807) is 0 Å². The van der Waals surface area contributed by atoms with Gasteiger partial charge in [0.05, 0.1) is 11.4 Å². The number of carboxylic acid groups (broad SMARTS) is 1. The lowest BCUT2D eigenvalue weighted by Crippen LogP contribution is -2.38. The third-order valence-electron chi connectivity index (χ3n) is 2.53. The molecule has 0 heterocycles. The Balaban J connectivity index is 2.56. The molecule has 0 aliphatic heterocycles. The minimum absolute atomic E-state index is 0.0125. The summed E-state index contributed by atoms with van der Waals surface area (Å²) in [7, 11) is 1.40. The molecule has 5 nitrogen and oxygen atoms in total. The number of nitrogens with zero attached hydrogens (tertiary/aromatic N) is 1. The van der Waals surface area contributed by atoms with Crippen LogP contribution < -0.4 is 5.32 Å². The van der Waals surface area contributed by atoms with Crippen molar-refractivity contribution in [1.82, 2.24) is 10.2 Å². The summed E-state index contributed by atoms with van der Waals surface area (Å²) in [5, 5.41) is 10.5. The second-order valence-electron chi connectivity index (χ2n) is 4.08. The molecule has 2 amide bonds. The van der Waals surface area contributed by atoms with Crippen LogP contribution in [0.1, 0.15) is 12.0 Å². The van der Waals surface area contributed by atoms with Crippen molar-refractivity contribution in [3.63, 3.8) is 0 Å². The van der Waals surface area contributed by atoms with Crippen molar-refractivity contribution < 1.29 is 23.5 Å². The first-order valence-corrected chi connectivity index (χ1v) is 6.03. The van der Waals surface area contributed by atoms with Gasteiger partial charge in [-0.25, -0.2) is 13.6 Å². The van der Waals surface area contributed by atoms with E-state index in [0.29, 0.717) is 0 Å². The van der Waals surface area contributed by atoms with Crippen LogP contribution in [0.25, 0.3) is 0 Å². The molecule has 1 aromatic rings. The van der Waals surface area contributed by atoms with Gasteiger partial charge in [-0.2, -0.15) is 0 Å². The molecule has 0 aliphatic carbocycles. The number of nitrogens with one attached hydrogen (secondary N) is 1. The Morgan fingerprint density at radius 3 is 2.60 bits per heavy atom. The van der Waals surface area contributed by atoms with Gasteiger partial charge in [0.1, 0.15) is 11.6 Å². The second kappa shape index (κ2) is 7.04. The average Bonchev–Trinajstić information content (AvgIpc) is 2.38. The van der Waals surface area contributed by atoms with Gasteiger partial charge in [0.15, 0.2) is 0 Å². The topological polar surface area (TPSA) is 69.6 Å². The predicted octanol–water partition coefficient (Wildman–Crippen LogP) is 2.23. The zero-order valence-electron chi connectivity index (χ0n) is 10.6. The van der Waals surface area contributed by atoms with Gasteiger partial charge in [-0.05, 0) is 12.1 Å². The number of urea groups is 1. The number of halogens is 3. The SMILES string of the molecule is CN(CCC(=O)O)C(=O)NCc1cc(F)c(Cl)cc1F. The lowest BCUT2D eigenvalue weighted by atomic mass is 10.2. The fourth-order valence-electron chi connectivity index (χ4n) is 1.37. The normalized spacial score (nSPS) is 10.2. The smallest absolute Gasteiger partial charge is 0.317 e. The van der Waals surface area contributed by atoms with Crippen molar-refractivity contribution in [3.8, 4) is 0 Å². The molecule has 0 spiro atoms. The Labute approximate surface area is 119 Å². The molecule has 0 unspecified atom stereocenters. The monoisotopic (exact) mass is 306 g/mol. The minimum Gasteiger partial charge on any atom is -0.481 e. The predicted molar refractivity (Wildman–Crippen MR) is 68.5 cm³/mol. The number of carboxylic acids is 1. The summed E-state index contributed by atoms with van der Waals surface area (Å²) in [6.07, 6.45) is -0.201. The number of carbonyl (C=O) groups is 2. The number of benzene rings is 1. The molecule has 110 valence electrons. The molecule has 0 aliphatic rings. The molecule has 1 rings (SSSR count). The molecule has 0 aromatic heterocycles. The second-order valence-corrected chi connectivity index (χ2v) is 4.49. The molecule has 0 radical (unpaired) electrons. The van der Waals surface area contributed by atoms with Gasteiger partial charge < -0.3 is 15.3 Å². The van der Waals surface area contributed by atoms with Gasteiger partial charge in [-0.15, -0.1) is 0 Å². The maximum absolute atomic E-state index is 13.4. The summed E-state index contributed by atoms with van der Waals surface area (Å²) in [4.78, 5) is 23.1. The number of carbonyl (C=O) groups excluding carboxylic acids is 1. The number of rotatable bonds is 5. The van der Waals surface area contributed by atoms with E-state index in [1.807, 2.05) is 0 Å². The van der Waals surface area contributed by atoms with Crippen LogP contribution in [0.3, 0.4) is 0 Å². The summed E-state index contributed by atoms with van der Waals surface area (Å²) < 4.78 is 26.6. The molecule has 2 N–H and O–H groups in total. The third-order valence-corrected chi connectivity index (χ3v) is 2.82. The molecular formula is C12H13ClF2N2O3. The van der Waals surface area contributed by atoms with Gasteiger partial charge in [0.2, 0.25) is 0 Å². The van der Waals surface area contributed by atoms with Crippen LogP contribution in [0, 0.1) is 11.6 Å². The Hall–Kier alpha value is -1.89. The number of hydrogen-bond donors (Lipinski definition) is 2. The van der Waals surface area contributed by atoms with Crippen molar-refractivity contribution in [1.29, 1.82) is 0 Å². The molecule has 8 heteroatoms. The van der Waals surface area contributed by atoms with Crippen molar-refractivity contribution in [3.05, 3.63) is 34.4 Å². The Kier molecular flexibility index (Phi) is 5.69. The first-order valence-electron chi connectivity index (χ1n) is 5.65. The quantitative estimate of drug-likeness (QED) is 0.820. The van der Waals surface area contributed by atoms with Gasteiger partial charge >= 0.3 is 12.0 Å². The maximum atomic E-state index is 13.4. The molecular weight excluding hydrogens is 294 g/mol. The van der Waals surface area contributed by atoms with E-state index in [1.165, 1.54) is 7.05 Å². The van der Waals surface area contributed by atoms with Crippen LogP contribution in [0.5, 0.6) is 0 Å². The van der Waals surface area contributed by atoms with Crippen molar-refractivity contribution in [2.24, 2.45) is 0 Å². The Morgan fingerprint density at radius 1 is 1.35 bits per heavy atom. The zero-order chi connectivity index (χ0) is 15.3. The highest BCUT2D eigenvalue weighted by molar-refractivity contribution is 6.30. The van der Waals surface area contributed by atoms with E-state index >= 15 is 0 Å². The summed E-state index contributed by atoms with van der Waals surface area (Å²) in [5.74, 6) is -2.54. The van der Waals surface area contributed by atoms with Crippen molar-refractivity contribution in [2.45, 2.75) is 13.0 Å². The first-order chi connectivity index (χ1) is 9.31. The highest BCUT2D eigenvalue weighted by atomic mass is 35.5. The van der Waals surface area contributed by atoms with E-state index in [0.717, 1.165) is 17.0 Å². The molecule has 1 aromatic carbocycles. The minimum atomic E-state index is -1.03. The van der Waals surface area contributed by atoms with Gasteiger partial charge in [0.25, 0.3) is 0 Å². The largest absolute Gasteiger partial charge is 0.481 e. The summed E-state index contributed by atoms with van der Waals surface area (Å²) in [5.41, 5.74) is -0.0492. The first kappa shape index (κ1) is 16.2. The van der Waals surface area contributed by atoms with E-state index in [4.69, 9.17) is 16.7 Å². The van der Waals surface area contributed by atoms with Crippen molar-refractivity contribution >= 4 is 23.6 Å². The fourth-order valence-corrected chi connectivity index (χ4v) is 1.52. The zero-order valence-corrected chi connectivity index (χ0v) is 11.4. The maximum Gasteiger partial charge on any atom is 0.317 e. The lowest BCUT2D eigenvalue weighted by molar-refractivity contribution is -0.137. The van der Waals surface area contributed by atoms with Crippen LogP contribution >= 0.6 is 11.6 Å². The molecule has 0 saturated heterocycles. The van der Waals surface area contributed by atoms with E-state index in [2.05, 4.69) is 5.32 Å². The molecule has 0 atom stereocenters. The van der Waals surface area contributed by atoms with Crippen LogP contribution in [0.4, 0.5) is 13.6 Å². The van der Waals surface area contributed by atoms with E-state index < -0.39 is 23.6 Å².